The molecule has 0 saturated carbocycles. The van der Waals surface area contributed by atoms with Crippen molar-refractivity contribution in [2.24, 2.45) is 0 Å². The molecule has 0 saturated heterocycles. The first-order chi connectivity index (χ1) is 6.43. The Morgan fingerprint density at radius 2 is 1.46 bits per heavy atom. The van der Waals surface area contributed by atoms with Gasteiger partial charge >= 0.3 is 0 Å². The average molecular weight is 181 g/mol. The van der Waals surface area contributed by atoms with Gasteiger partial charge in [0, 0.05) is 5.69 Å². The fourth-order valence-corrected chi connectivity index (χ4v) is 0.602. The molecule has 2 heteroatoms. The normalized spacial score (nSPS) is 6.77. The molecule has 1 aromatic rings. The third kappa shape index (κ3) is 8.60. The summed E-state index contributed by atoms with van der Waals surface area (Å²) in [6.45, 7) is 8.00. The highest BCUT2D eigenvalue weighted by molar-refractivity contribution is 5.70. The van der Waals surface area contributed by atoms with Crippen molar-refractivity contribution in [1.82, 2.24) is 0 Å². The summed E-state index contributed by atoms with van der Waals surface area (Å²) in [6.07, 6.45) is 0.662. The van der Waals surface area contributed by atoms with Gasteiger partial charge in [0.1, 0.15) is 0 Å². The molecule has 13 heavy (non-hydrogen) atoms. The number of rotatable bonds is 2. The van der Waals surface area contributed by atoms with Crippen LogP contribution in [-0.2, 0) is 4.79 Å². The fourth-order valence-electron chi connectivity index (χ4n) is 0.602. The van der Waals surface area contributed by atoms with E-state index in [9.17, 15) is 4.79 Å². The van der Waals surface area contributed by atoms with E-state index in [0.29, 0.717) is 6.41 Å². The molecule has 2 nitrogen and oxygen atoms in total. The number of hydrogen-bond acceptors (Lipinski definition) is 1. The largest absolute Gasteiger partial charge is 0.329 e. The molecule has 0 spiro atoms. The van der Waals surface area contributed by atoms with Gasteiger partial charge in [-0.25, -0.2) is 0 Å². The van der Waals surface area contributed by atoms with Crippen LogP contribution in [0.15, 0.2) is 30.3 Å². The van der Waals surface area contributed by atoms with Gasteiger partial charge in [-0.15, -0.1) is 0 Å². The highest BCUT2D eigenvalue weighted by Gasteiger charge is 1.81. The van der Waals surface area contributed by atoms with Gasteiger partial charge in [-0.3, -0.25) is 4.79 Å². The zero-order chi connectivity index (χ0) is 10.5. The number of anilines is 1. The van der Waals surface area contributed by atoms with Crippen LogP contribution in [-0.4, -0.2) is 6.41 Å². The third-order valence-corrected chi connectivity index (χ3v) is 0.999. The lowest BCUT2D eigenvalue weighted by molar-refractivity contribution is -0.105. The van der Waals surface area contributed by atoms with Crippen LogP contribution in [0.3, 0.4) is 0 Å². The number of hydrogen-bond donors (Lipinski definition) is 1. The second-order valence-corrected chi connectivity index (χ2v) is 1.63. The smallest absolute Gasteiger partial charge is 0.211 e. The summed E-state index contributed by atoms with van der Waals surface area (Å²) in [5, 5.41) is 2.53. The Morgan fingerprint density at radius 3 is 1.85 bits per heavy atom. The first kappa shape index (κ1) is 14.2. The van der Waals surface area contributed by atoms with E-state index in [1.54, 1.807) is 0 Å². The van der Waals surface area contributed by atoms with Crippen molar-refractivity contribution < 1.29 is 4.79 Å². The molecule has 0 aliphatic carbocycles. The van der Waals surface area contributed by atoms with Crippen LogP contribution in [0.1, 0.15) is 27.7 Å². The SMILES string of the molecule is CC.CC.O=CNc1ccccc1. The Labute approximate surface area is 81.0 Å². The van der Waals surface area contributed by atoms with Gasteiger partial charge < -0.3 is 5.32 Å². The van der Waals surface area contributed by atoms with Gasteiger partial charge in [0.05, 0.1) is 0 Å². The standard InChI is InChI=1S/C7H7NO.2C2H6/c9-6-8-7-4-2-1-3-5-7;2*1-2/h1-6H,(H,8,9);2*1-2H3. The lowest BCUT2D eigenvalue weighted by atomic mass is 10.3. The van der Waals surface area contributed by atoms with Crippen molar-refractivity contribution in [3.05, 3.63) is 30.3 Å². The van der Waals surface area contributed by atoms with Crippen LogP contribution >= 0.6 is 0 Å². The van der Waals surface area contributed by atoms with Crippen LogP contribution in [0, 0.1) is 0 Å². The van der Waals surface area contributed by atoms with Crippen molar-refractivity contribution in [2.45, 2.75) is 27.7 Å². The lowest BCUT2D eigenvalue weighted by Crippen LogP contribution is -1.91. The number of amides is 1. The molecule has 1 N–H and O–H groups in total. The second kappa shape index (κ2) is 13.3. The molecule has 0 atom stereocenters. The quantitative estimate of drug-likeness (QED) is 0.697. The summed E-state index contributed by atoms with van der Waals surface area (Å²) < 4.78 is 0. The first-order valence-electron chi connectivity index (χ1n) is 4.69. The van der Waals surface area contributed by atoms with Crippen molar-refractivity contribution in [3.63, 3.8) is 0 Å². The Balaban J connectivity index is 0. The molecule has 0 fully saturated rings. The van der Waals surface area contributed by atoms with Crippen molar-refractivity contribution in [1.29, 1.82) is 0 Å². The van der Waals surface area contributed by atoms with Gasteiger partial charge in [0.25, 0.3) is 0 Å². The molecule has 1 rings (SSSR count). The van der Waals surface area contributed by atoms with Crippen LogP contribution in [0.5, 0.6) is 0 Å². The lowest BCUT2D eigenvalue weighted by Gasteiger charge is -1.93. The number of benzene rings is 1. The van der Waals surface area contributed by atoms with E-state index in [-0.39, 0.29) is 0 Å². The van der Waals surface area contributed by atoms with Gasteiger partial charge in [-0.05, 0) is 12.1 Å². The number of nitrogens with one attached hydrogen (secondary N) is 1. The Hall–Kier alpha value is -1.31. The van der Waals surface area contributed by atoms with Crippen molar-refractivity contribution in [2.75, 3.05) is 5.32 Å². The van der Waals surface area contributed by atoms with E-state index in [2.05, 4.69) is 5.32 Å². The van der Waals surface area contributed by atoms with E-state index >= 15 is 0 Å². The summed E-state index contributed by atoms with van der Waals surface area (Å²) in [5.41, 5.74) is 0.826. The maximum absolute atomic E-state index is 9.86. The van der Waals surface area contributed by atoms with Crippen LogP contribution in [0.25, 0.3) is 0 Å². The van der Waals surface area contributed by atoms with E-state index in [0.717, 1.165) is 5.69 Å². The van der Waals surface area contributed by atoms with Crippen LogP contribution < -0.4 is 5.32 Å². The summed E-state index contributed by atoms with van der Waals surface area (Å²) in [6, 6.07) is 9.29. The second-order valence-electron chi connectivity index (χ2n) is 1.63. The molecule has 0 unspecified atom stereocenters. The maximum atomic E-state index is 9.86. The average Bonchev–Trinajstić information content (AvgIpc) is 2.26. The maximum Gasteiger partial charge on any atom is 0.211 e. The van der Waals surface area contributed by atoms with Crippen molar-refractivity contribution >= 4 is 12.1 Å². The number of carbonyl (C=O) groups is 1. The minimum atomic E-state index is 0.662. The predicted octanol–water partition coefficient (Wildman–Crippen LogP) is 3.31. The van der Waals surface area contributed by atoms with Gasteiger partial charge in [-0.2, -0.15) is 0 Å². The van der Waals surface area contributed by atoms with E-state index in [1.165, 1.54) is 0 Å². The summed E-state index contributed by atoms with van der Waals surface area (Å²) >= 11 is 0. The van der Waals surface area contributed by atoms with E-state index < -0.39 is 0 Å². The molecule has 0 aliphatic rings. The molecular weight excluding hydrogens is 162 g/mol. The van der Waals surface area contributed by atoms with Gasteiger partial charge in [0.15, 0.2) is 0 Å². The molecule has 0 bridgehead atoms. The number of carbonyl (C=O) groups excluding carboxylic acids is 1. The van der Waals surface area contributed by atoms with Crippen LogP contribution in [0.2, 0.25) is 0 Å². The zero-order valence-corrected chi connectivity index (χ0v) is 8.87. The Bertz CT molecular complexity index is 185. The fraction of sp³-hybridized carbons (Fsp3) is 0.364. The Kier molecular flexibility index (Phi) is 14.5. The highest BCUT2D eigenvalue weighted by atomic mass is 16.1. The predicted molar refractivity (Wildman–Crippen MR) is 58.8 cm³/mol. The minimum Gasteiger partial charge on any atom is -0.329 e. The van der Waals surface area contributed by atoms with E-state index in [1.807, 2.05) is 58.0 Å². The number of para-hydroxylation sites is 1. The Morgan fingerprint density at radius 1 is 1.00 bits per heavy atom. The molecule has 0 aliphatic heterocycles. The summed E-state index contributed by atoms with van der Waals surface area (Å²) in [7, 11) is 0. The molecule has 0 heterocycles. The molecule has 1 aromatic carbocycles. The van der Waals surface area contributed by atoms with Gasteiger partial charge in [-0.1, -0.05) is 45.9 Å². The minimum absolute atomic E-state index is 0.662. The van der Waals surface area contributed by atoms with Crippen LogP contribution in [0.4, 0.5) is 5.69 Å². The highest BCUT2D eigenvalue weighted by Crippen LogP contribution is 2.01. The van der Waals surface area contributed by atoms with E-state index in [4.69, 9.17) is 0 Å². The summed E-state index contributed by atoms with van der Waals surface area (Å²) in [4.78, 5) is 9.86. The molecule has 74 valence electrons. The molecule has 1 amide bonds. The van der Waals surface area contributed by atoms with Gasteiger partial charge in [0.2, 0.25) is 6.41 Å². The van der Waals surface area contributed by atoms with Crippen molar-refractivity contribution in [3.8, 4) is 0 Å². The summed E-state index contributed by atoms with van der Waals surface area (Å²) in [5.74, 6) is 0. The molecule has 0 radical (unpaired) electrons. The third-order valence-electron chi connectivity index (χ3n) is 0.999. The topological polar surface area (TPSA) is 29.1 Å². The first-order valence-corrected chi connectivity index (χ1v) is 4.69. The molecule has 0 aromatic heterocycles. The monoisotopic (exact) mass is 181 g/mol. The molecular formula is C11H19NO. The zero-order valence-electron chi connectivity index (χ0n) is 8.87.